The average Bonchev–Trinajstić information content (AvgIpc) is 2.54. The van der Waals surface area contributed by atoms with Crippen molar-refractivity contribution < 1.29 is 8.42 Å². The van der Waals surface area contributed by atoms with Gasteiger partial charge in [0, 0.05) is 6.04 Å². The number of fused-ring (bicyclic) bond motifs is 5. The summed E-state index contributed by atoms with van der Waals surface area (Å²) in [6, 6.07) is 0.258. The highest BCUT2D eigenvalue weighted by Gasteiger charge is 2.62. The van der Waals surface area contributed by atoms with Crippen LogP contribution in [-0.4, -0.2) is 20.2 Å². The zero-order valence-electron chi connectivity index (χ0n) is 8.66. The van der Waals surface area contributed by atoms with Gasteiger partial charge in [0.2, 0.25) is 10.0 Å². The fraction of sp³-hybridized carbons (Fsp3) is 1.00. The van der Waals surface area contributed by atoms with E-state index in [1.807, 2.05) is 0 Å². The summed E-state index contributed by atoms with van der Waals surface area (Å²) in [5.41, 5.74) is 0.359. The number of rotatable bonds is 0. The van der Waals surface area contributed by atoms with Crippen LogP contribution in [0.25, 0.3) is 0 Å². The maximum atomic E-state index is 11.5. The molecule has 2 saturated carbocycles. The molecular weight excluding hydrogens is 198 g/mol. The normalized spacial score (nSPS) is 52.1. The fourth-order valence-corrected chi connectivity index (χ4v) is 6.03. The maximum Gasteiger partial charge on any atom is 0.212 e. The SMILES string of the molecule is CC1(C)[C@H]2CC[C@H]1[C@@H]1NS(=O)(=O)C[C@@H]12. The average molecular weight is 215 g/mol. The van der Waals surface area contributed by atoms with Gasteiger partial charge in [0.1, 0.15) is 0 Å². The lowest BCUT2D eigenvalue weighted by molar-refractivity contribution is 0.240. The van der Waals surface area contributed by atoms with Gasteiger partial charge < -0.3 is 0 Å². The van der Waals surface area contributed by atoms with Crippen molar-refractivity contribution in [2.75, 3.05) is 5.75 Å². The fourth-order valence-electron chi connectivity index (χ4n) is 4.23. The van der Waals surface area contributed by atoms with Gasteiger partial charge in [-0.1, -0.05) is 13.8 Å². The number of hydrogen-bond donors (Lipinski definition) is 1. The van der Waals surface area contributed by atoms with Crippen molar-refractivity contribution in [1.29, 1.82) is 0 Å². The zero-order chi connectivity index (χ0) is 10.1. The molecule has 0 unspecified atom stereocenters. The van der Waals surface area contributed by atoms with Gasteiger partial charge in [-0.15, -0.1) is 0 Å². The Hall–Kier alpha value is -0.0900. The minimum atomic E-state index is -2.93. The molecule has 0 amide bonds. The molecule has 3 rings (SSSR count). The van der Waals surface area contributed by atoms with E-state index in [1.54, 1.807) is 0 Å². The summed E-state index contributed by atoms with van der Waals surface area (Å²) in [6.07, 6.45) is 2.44. The second-order valence-electron chi connectivity index (χ2n) is 5.70. The van der Waals surface area contributed by atoms with Crippen LogP contribution < -0.4 is 4.72 Å². The van der Waals surface area contributed by atoms with Gasteiger partial charge in [-0.2, -0.15) is 0 Å². The monoisotopic (exact) mass is 215 g/mol. The lowest BCUT2D eigenvalue weighted by Gasteiger charge is -2.26. The Labute approximate surface area is 85.3 Å². The Balaban J connectivity index is 2.01. The van der Waals surface area contributed by atoms with Crippen LogP contribution in [0.5, 0.6) is 0 Å². The Morgan fingerprint density at radius 1 is 1.21 bits per heavy atom. The van der Waals surface area contributed by atoms with E-state index in [0.717, 1.165) is 0 Å². The molecule has 0 spiro atoms. The quantitative estimate of drug-likeness (QED) is 0.654. The molecule has 3 aliphatic rings. The van der Waals surface area contributed by atoms with Crippen LogP contribution in [-0.2, 0) is 10.0 Å². The molecule has 3 nitrogen and oxygen atoms in total. The second kappa shape index (κ2) is 2.35. The third kappa shape index (κ3) is 0.936. The summed E-state index contributed by atoms with van der Waals surface area (Å²) in [4.78, 5) is 0. The first kappa shape index (κ1) is 9.16. The van der Waals surface area contributed by atoms with E-state index in [-0.39, 0.29) is 6.04 Å². The maximum absolute atomic E-state index is 11.5. The highest BCUT2D eigenvalue weighted by molar-refractivity contribution is 7.89. The smallest absolute Gasteiger partial charge is 0.212 e. The highest BCUT2D eigenvalue weighted by Crippen LogP contribution is 2.61. The van der Waals surface area contributed by atoms with Gasteiger partial charge in [-0.25, -0.2) is 13.1 Å². The van der Waals surface area contributed by atoms with Gasteiger partial charge in [0.05, 0.1) is 5.75 Å². The molecule has 2 aliphatic carbocycles. The molecule has 0 aromatic heterocycles. The standard InChI is InChI=1S/C10H17NO2S/c1-10(2)7-3-4-8(10)9-6(7)5-14(12,13)11-9/h6-9,11H,3-5H2,1-2H3/t6-,7+,8+,9-/m1/s1. The highest BCUT2D eigenvalue weighted by atomic mass is 32.2. The van der Waals surface area contributed by atoms with Crippen molar-refractivity contribution in [3.8, 4) is 0 Å². The first-order valence-electron chi connectivity index (χ1n) is 5.42. The van der Waals surface area contributed by atoms with Crippen molar-refractivity contribution in [1.82, 2.24) is 4.72 Å². The van der Waals surface area contributed by atoms with Crippen LogP contribution in [0.3, 0.4) is 0 Å². The predicted molar refractivity (Wildman–Crippen MR) is 54.2 cm³/mol. The molecule has 2 bridgehead atoms. The third-order valence-electron chi connectivity index (χ3n) is 4.84. The third-order valence-corrected chi connectivity index (χ3v) is 6.29. The molecular formula is C10H17NO2S. The van der Waals surface area contributed by atoms with E-state index in [9.17, 15) is 8.42 Å². The van der Waals surface area contributed by atoms with E-state index in [4.69, 9.17) is 0 Å². The van der Waals surface area contributed by atoms with Crippen LogP contribution in [0.4, 0.5) is 0 Å². The van der Waals surface area contributed by atoms with Gasteiger partial charge >= 0.3 is 0 Å². The van der Waals surface area contributed by atoms with E-state index >= 15 is 0 Å². The van der Waals surface area contributed by atoms with E-state index in [2.05, 4.69) is 18.6 Å². The van der Waals surface area contributed by atoms with Gasteiger partial charge in [-0.05, 0) is 36.0 Å². The topological polar surface area (TPSA) is 46.2 Å². The van der Waals surface area contributed by atoms with E-state index in [1.165, 1.54) is 12.8 Å². The van der Waals surface area contributed by atoms with Crippen molar-refractivity contribution in [3.05, 3.63) is 0 Å². The lowest BCUT2D eigenvalue weighted by Crippen LogP contribution is -2.35. The van der Waals surface area contributed by atoms with Crippen molar-refractivity contribution >= 4 is 10.0 Å². The van der Waals surface area contributed by atoms with Crippen molar-refractivity contribution in [2.45, 2.75) is 32.7 Å². The summed E-state index contributed by atoms with van der Waals surface area (Å²) < 4.78 is 25.8. The minimum absolute atomic E-state index is 0.258. The van der Waals surface area contributed by atoms with Crippen LogP contribution in [0.1, 0.15) is 26.7 Å². The summed E-state index contributed by atoms with van der Waals surface area (Å²) in [6.45, 7) is 4.61. The molecule has 3 fully saturated rings. The molecule has 0 aromatic rings. The summed E-state index contributed by atoms with van der Waals surface area (Å²) in [7, 11) is -2.93. The van der Waals surface area contributed by atoms with Crippen LogP contribution in [0, 0.1) is 23.2 Å². The molecule has 4 atom stereocenters. The molecule has 14 heavy (non-hydrogen) atoms. The number of nitrogens with one attached hydrogen (secondary N) is 1. The van der Waals surface area contributed by atoms with Gasteiger partial charge in [0.15, 0.2) is 0 Å². The molecule has 80 valence electrons. The van der Waals surface area contributed by atoms with Crippen LogP contribution >= 0.6 is 0 Å². The lowest BCUT2D eigenvalue weighted by atomic mass is 9.80. The molecule has 4 heteroatoms. The molecule has 1 N–H and O–H groups in total. The first-order valence-corrected chi connectivity index (χ1v) is 7.07. The number of hydrogen-bond acceptors (Lipinski definition) is 2. The molecule has 1 heterocycles. The van der Waals surface area contributed by atoms with Crippen LogP contribution in [0.15, 0.2) is 0 Å². The zero-order valence-corrected chi connectivity index (χ0v) is 9.47. The number of sulfonamides is 1. The summed E-state index contributed by atoms with van der Waals surface area (Å²) in [5.74, 6) is 1.98. The van der Waals surface area contributed by atoms with Crippen molar-refractivity contribution in [3.63, 3.8) is 0 Å². The Bertz CT molecular complexity index is 346. The van der Waals surface area contributed by atoms with Gasteiger partial charge in [-0.3, -0.25) is 0 Å². The molecule has 1 aliphatic heterocycles. The summed E-state index contributed by atoms with van der Waals surface area (Å²) in [5, 5.41) is 0. The Kier molecular flexibility index (Phi) is 1.54. The molecule has 1 saturated heterocycles. The molecule has 0 radical (unpaired) electrons. The predicted octanol–water partition coefficient (Wildman–Crippen LogP) is 0.970. The van der Waals surface area contributed by atoms with E-state index < -0.39 is 10.0 Å². The van der Waals surface area contributed by atoms with Crippen LogP contribution in [0.2, 0.25) is 0 Å². The Morgan fingerprint density at radius 2 is 1.86 bits per heavy atom. The van der Waals surface area contributed by atoms with Crippen molar-refractivity contribution in [2.24, 2.45) is 23.2 Å². The molecule has 0 aromatic carbocycles. The largest absolute Gasteiger partial charge is 0.212 e. The Morgan fingerprint density at radius 3 is 2.50 bits per heavy atom. The summed E-state index contributed by atoms with van der Waals surface area (Å²) >= 11 is 0. The second-order valence-corrected chi connectivity index (χ2v) is 7.50. The first-order chi connectivity index (χ1) is 6.42. The van der Waals surface area contributed by atoms with E-state index in [0.29, 0.717) is 28.9 Å². The minimum Gasteiger partial charge on any atom is -0.212 e. The van der Waals surface area contributed by atoms with Gasteiger partial charge in [0.25, 0.3) is 0 Å².